The van der Waals surface area contributed by atoms with E-state index in [-0.39, 0.29) is 5.91 Å². The fourth-order valence-corrected chi connectivity index (χ4v) is 1.62. The Balaban J connectivity index is 3.00. The first kappa shape index (κ1) is 13.2. The third-order valence-corrected chi connectivity index (χ3v) is 2.62. The highest BCUT2D eigenvalue weighted by molar-refractivity contribution is 5.90. The van der Waals surface area contributed by atoms with Crippen LogP contribution in [0, 0.1) is 11.3 Å². The van der Waals surface area contributed by atoms with Gasteiger partial charge in [-0.2, -0.15) is 10.4 Å². The van der Waals surface area contributed by atoms with Crippen LogP contribution in [-0.4, -0.2) is 15.7 Å². The third-order valence-electron chi connectivity index (χ3n) is 2.62. The minimum absolute atomic E-state index is 0.123. The Labute approximate surface area is 101 Å². The van der Waals surface area contributed by atoms with Gasteiger partial charge in [-0.15, -0.1) is 0 Å². The number of aryl methyl sites for hydroxylation is 1. The highest BCUT2D eigenvalue weighted by atomic mass is 16.1. The maximum absolute atomic E-state index is 11.3. The van der Waals surface area contributed by atoms with Crippen molar-refractivity contribution in [1.29, 1.82) is 5.26 Å². The van der Waals surface area contributed by atoms with E-state index in [0.717, 1.165) is 25.0 Å². The number of nitrogens with zero attached hydrogens (tertiary/aromatic N) is 3. The molecule has 0 aliphatic rings. The fraction of sp³-hybridized carbons (Fsp3) is 0.583. The molecule has 1 rings (SSSR count). The average molecular weight is 234 g/mol. The van der Waals surface area contributed by atoms with Gasteiger partial charge in [-0.3, -0.25) is 9.48 Å². The minimum atomic E-state index is -0.123. The van der Waals surface area contributed by atoms with Crippen LogP contribution in [0.4, 0.5) is 5.82 Å². The Morgan fingerprint density at radius 3 is 2.76 bits per heavy atom. The first-order valence-corrected chi connectivity index (χ1v) is 5.89. The molecule has 0 fully saturated rings. The fourth-order valence-electron chi connectivity index (χ4n) is 1.62. The molecule has 92 valence electrons. The number of anilines is 1. The summed E-state index contributed by atoms with van der Waals surface area (Å²) in [4.78, 5) is 11.3. The molecule has 1 aromatic heterocycles. The Morgan fingerprint density at radius 1 is 1.53 bits per heavy atom. The van der Waals surface area contributed by atoms with Crippen LogP contribution in [0.15, 0.2) is 0 Å². The lowest BCUT2D eigenvalue weighted by atomic mass is 10.1. The Bertz CT molecular complexity index is 442. The van der Waals surface area contributed by atoms with Crippen LogP contribution in [0.5, 0.6) is 0 Å². The molecule has 17 heavy (non-hydrogen) atoms. The number of rotatable bonds is 5. The molecule has 0 unspecified atom stereocenters. The number of carbonyl (C=O) groups excluding carboxylic acids is 1. The Kier molecular flexibility index (Phi) is 4.70. The molecule has 0 aromatic carbocycles. The predicted molar refractivity (Wildman–Crippen MR) is 65.5 cm³/mol. The van der Waals surface area contributed by atoms with Gasteiger partial charge >= 0.3 is 0 Å². The maximum Gasteiger partial charge on any atom is 0.225 e. The smallest absolute Gasteiger partial charge is 0.225 e. The number of carbonyl (C=O) groups is 1. The van der Waals surface area contributed by atoms with Crippen molar-refractivity contribution in [2.45, 2.75) is 39.5 Å². The molecule has 1 aromatic rings. The van der Waals surface area contributed by atoms with Crippen molar-refractivity contribution in [2.24, 2.45) is 7.05 Å². The number of amides is 1. The van der Waals surface area contributed by atoms with Crippen LogP contribution >= 0.6 is 0 Å². The topological polar surface area (TPSA) is 70.7 Å². The van der Waals surface area contributed by atoms with Crippen LogP contribution < -0.4 is 5.32 Å². The van der Waals surface area contributed by atoms with Crippen molar-refractivity contribution >= 4 is 11.7 Å². The van der Waals surface area contributed by atoms with Crippen LogP contribution in [0.2, 0.25) is 0 Å². The SMILES string of the molecule is CCCCc1c(C#N)c(NC(=O)CC)nn1C. The lowest BCUT2D eigenvalue weighted by molar-refractivity contribution is -0.115. The van der Waals surface area contributed by atoms with E-state index in [1.807, 2.05) is 0 Å². The monoisotopic (exact) mass is 234 g/mol. The molecule has 1 heterocycles. The van der Waals surface area contributed by atoms with E-state index in [0.29, 0.717) is 17.8 Å². The number of nitrogens with one attached hydrogen (secondary N) is 1. The maximum atomic E-state index is 11.3. The van der Waals surface area contributed by atoms with Gasteiger partial charge < -0.3 is 5.32 Å². The molecule has 0 aliphatic heterocycles. The number of hydrogen-bond acceptors (Lipinski definition) is 3. The van der Waals surface area contributed by atoms with Crippen molar-refractivity contribution in [3.05, 3.63) is 11.3 Å². The molecule has 5 nitrogen and oxygen atoms in total. The first-order chi connectivity index (χ1) is 8.13. The second kappa shape index (κ2) is 6.04. The van der Waals surface area contributed by atoms with E-state index >= 15 is 0 Å². The van der Waals surface area contributed by atoms with E-state index < -0.39 is 0 Å². The van der Waals surface area contributed by atoms with Crippen LogP contribution in [0.25, 0.3) is 0 Å². The number of unbranched alkanes of at least 4 members (excludes halogenated alkanes) is 1. The molecular weight excluding hydrogens is 216 g/mol. The zero-order valence-electron chi connectivity index (χ0n) is 10.6. The summed E-state index contributed by atoms with van der Waals surface area (Å²) in [6.45, 7) is 3.87. The summed E-state index contributed by atoms with van der Waals surface area (Å²) in [7, 11) is 1.80. The van der Waals surface area contributed by atoms with E-state index in [2.05, 4.69) is 23.4 Å². The van der Waals surface area contributed by atoms with Gasteiger partial charge in [-0.25, -0.2) is 0 Å². The van der Waals surface area contributed by atoms with Gasteiger partial charge in [0.25, 0.3) is 0 Å². The van der Waals surface area contributed by atoms with Gasteiger partial charge in [0.05, 0.1) is 5.69 Å². The van der Waals surface area contributed by atoms with Gasteiger partial charge in [-0.1, -0.05) is 20.3 Å². The second-order valence-electron chi connectivity index (χ2n) is 3.91. The number of nitriles is 1. The number of hydrogen-bond donors (Lipinski definition) is 1. The summed E-state index contributed by atoms with van der Waals surface area (Å²) in [5, 5.41) is 16.0. The second-order valence-corrected chi connectivity index (χ2v) is 3.91. The summed E-state index contributed by atoms with van der Waals surface area (Å²) in [6.07, 6.45) is 3.26. The zero-order chi connectivity index (χ0) is 12.8. The third kappa shape index (κ3) is 3.06. The standard InChI is InChI=1S/C12H18N4O/c1-4-6-7-10-9(8-13)12(15-16(10)3)14-11(17)5-2/h4-7H2,1-3H3,(H,14,15,17). The van der Waals surface area contributed by atoms with Crippen LogP contribution in [-0.2, 0) is 18.3 Å². The summed E-state index contributed by atoms with van der Waals surface area (Å²) in [6, 6.07) is 2.13. The van der Waals surface area contributed by atoms with Gasteiger partial charge in [0.1, 0.15) is 11.6 Å². The predicted octanol–water partition coefficient (Wildman–Crippen LogP) is 1.98. The lowest BCUT2D eigenvalue weighted by Gasteiger charge is -2.00. The largest absolute Gasteiger partial charge is 0.308 e. The molecule has 0 saturated carbocycles. The van der Waals surface area contributed by atoms with E-state index in [9.17, 15) is 4.79 Å². The summed E-state index contributed by atoms with van der Waals surface area (Å²) >= 11 is 0. The van der Waals surface area contributed by atoms with Crippen molar-refractivity contribution in [3.8, 4) is 6.07 Å². The number of aromatic nitrogens is 2. The van der Waals surface area contributed by atoms with Crippen molar-refractivity contribution < 1.29 is 4.79 Å². The van der Waals surface area contributed by atoms with Crippen molar-refractivity contribution in [1.82, 2.24) is 9.78 Å². The van der Waals surface area contributed by atoms with E-state index in [1.165, 1.54) is 0 Å². The van der Waals surface area contributed by atoms with Gasteiger partial charge in [0, 0.05) is 13.5 Å². The molecule has 0 spiro atoms. The van der Waals surface area contributed by atoms with E-state index in [1.54, 1.807) is 18.7 Å². The Hall–Kier alpha value is -1.83. The summed E-state index contributed by atoms with van der Waals surface area (Å²) in [5.41, 5.74) is 1.38. The molecule has 0 bridgehead atoms. The molecule has 0 aliphatic carbocycles. The quantitative estimate of drug-likeness (QED) is 0.846. The Morgan fingerprint density at radius 2 is 2.24 bits per heavy atom. The highest BCUT2D eigenvalue weighted by Gasteiger charge is 2.16. The molecule has 0 atom stereocenters. The molecule has 0 radical (unpaired) electrons. The van der Waals surface area contributed by atoms with Crippen molar-refractivity contribution in [3.63, 3.8) is 0 Å². The highest BCUT2D eigenvalue weighted by Crippen LogP contribution is 2.19. The van der Waals surface area contributed by atoms with Gasteiger partial charge in [-0.05, 0) is 12.8 Å². The van der Waals surface area contributed by atoms with Crippen LogP contribution in [0.3, 0.4) is 0 Å². The first-order valence-electron chi connectivity index (χ1n) is 5.89. The normalized spacial score (nSPS) is 10.0. The molecule has 0 saturated heterocycles. The molecule has 1 N–H and O–H groups in total. The van der Waals surface area contributed by atoms with Crippen molar-refractivity contribution in [2.75, 3.05) is 5.32 Å². The van der Waals surface area contributed by atoms with E-state index in [4.69, 9.17) is 5.26 Å². The lowest BCUT2D eigenvalue weighted by Crippen LogP contribution is -2.11. The van der Waals surface area contributed by atoms with Gasteiger partial charge in [0.2, 0.25) is 5.91 Å². The zero-order valence-corrected chi connectivity index (χ0v) is 10.6. The minimum Gasteiger partial charge on any atom is -0.308 e. The molecular formula is C12H18N4O. The molecule has 1 amide bonds. The summed E-state index contributed by atoms with van der Waals surface area (Å²) in [5.74, 6) is 0.259. The average Bonchev–Trinajstić information content (AvgIpc) is 2.61. The summed E-state index contributed by atoms with van der Waals surface area (Å²) < 4.78 is 1.68. The van der Waals surface area contributed by atoms with Gasteiger partial charge in [0.15, 0.2) is 5.82 Å². The molecule has 5 heteroatoms. The van der Waals surface area contributed by atoms with Crippen LogP contribution in [0.1, 0.15) is 44.4 Å².